The molecule has 32 heavy (non-hydrogen) atoms. The van der Waals surface area contributed by atoms with E-state index in [1.807, 2.05) is 12.1 Å². The smallest absolute Gasteiger partial charge is 0.339 e. The Labute approximate surface area is 206 Å². The van der Waals surface area contributed by atoms with Gasteiger partial charge in [-0.05, 0) is 97.7 Å². The summed E-state index contributed by atoms with van der Waals surface area (Å²) in [6.45, 7) is 9.80. The number of aliphatic hydroxyl groups is 2. The SMILES string of the molecule is CC(O)C(C)(C)O.CC(OC(=O)c1ccccc1Br)C(C)(C)OC(=O)c1ccccc1Br. The number of ether oxygens (including phenoxy) is 2. The molecule has 0 heterocycles. The third kappa shape index (κ3) is 8.65. The van der Waals surface area contributed by atoms with Crippen LogP contribution in [0.3, 0.4) is 0 Å². The highest BCUT2D eigenvalue weighted by atomic mass is 79.9. The molecule has 176 valence electrons. The Kier molecular flexibility index (Phi) is 10.5. The van der Waals surface area contributed by atoms with Gasteiger partial charge in [-0.2, -0.15) is 0 Å². The Balaban J connectivity index is 0.000000633. The summed E-state index contributed by atoms with van der Waals surface area (Å²) in [4.78, 5) is 24.7. The first-order valence-corrected chi connectivity index (χ1v) is 11.6. The average molecular weight is 574 g/mol. The zero-order valence-corrected chi connectivity index (χ0v) is 22.2. The zero-order valence-electron chi connectivity index (χ0n) is 19.1. The van der Waals surface area contributed by atoms with Crippen LogP contribution in [-0.4, -0.2) is 45.6 Å². The van der Waals surface area contributed by atoms with E-state index in [0.717, 1.165) is 0 Å². The first-order valence-electron chi connectivity index (χ1n) is 10.0. The first kappa shape index (κ1) is 28.3. The largest absolute Gasteiger partial charge is 0.455 e. The standard InChI is InChI=1S/C19H18Br2O4.C5H12O2/c1-12(24-17(22)13-8-4-6-10-15(13)20)19(2,3)25-18(23)14-9-5-7-11-16(14)21;1-4(6)5(2,3)7/h4-12H,1-3H3;4,6-7H,1-3H3. The van der Waals surface area contributed by atoms with E-state index in [2.05, 4.69) is 31.9 Å². The van der Waals surface area contributed by atoms with Crippen molar-refractivity contribution in [2.45, 2.75) is 65.0 Å². The summed E-state index contributed by atoms with van der Waals surface area (Å²) in [6.07, 6.45) is -1.29. The van der Waals surface area contributed by atoms with E-state index < -0.39 is 35.3 Å². The first-order chi connectivity index (χ1) is 14.7. The van der Waals surface area contributed by atoms with E-state index in [0.29, 0.717) is 20.1 Å². The lowest BCUT2D eigenvalue weighted by Gasteiger charge is -2.31. The molecule has 2 atom stereocenters. The summed E-state index contributed by atoms with van der Waals surface area (Å²) in [5.74, 6) is -0.966. The van der Waals surface area contributed by atoms with E-state index in [-0.39, 0.29) is 0 Å². The Hall–Kier alpha value is -1.74. The molecular weight excluding hydrogens is 544 g/mol. The van der Waals surface area contributed by atoms with Crippen molar-refractivity contribution in [3.8, 4) is 0 Å². The van der Waals surface area contributed by atoms with E-state index >= 15 is 0 Å². The van der Waals surface area contributed by atoms with Gasteiger partial charge in [0.25, 0.3) is 0 Å². The Morgan fingerprint density at radius 3 is 1.59 bits per heavy atom. The predicted octanol–water partition coefficient (Wildman–Crippen LogP) is 5.53. The number of esters is 2. The van der Waals surface area contributed by atoms with Gasteiger partial charge in [0.1, 0.15) is 11.7 Å². The molecule has 0 saturated carbocycles. The summed E-state index contributed by atoms with van der Waals surface area (Å²) in [5, 5.41) is 17.5. The minimum Gasteiger partial charge on any atom is -0.455 e. The third-order valence-corrected chi connectivity index (χ3v) is 6.21. The number of halogens is 2. The van der Waals surface area contributed by atoms with Crippen LogP contribution in [0.15, 0.2) is 57.5 Å². The number of rotatable bonds is 6. The van der Waals surface area contributed by atoms with Crippen LogP contribution in [-0.2, 0) is 9.47 Å². The molecule has 2 aromatic carbocycles. The number of hydrogen-bond donors (Lipinski definition) is 2. The highest BCUT2D eigenvalue weighted by Crippen LogP contribution is 2.25. The summed E-state index contributed by atoms with van der Waals surface area (Å²) in [5.41, 5.74) is -1.11. The van der Waals surface area contributed by atoms with Crippen LogP contribution in [0.4, 0.5) is 0 Å². The third-order valence-electron chi connectivity index (χ3n) is 4.83. The lowest BCUT2D eigenvalue weighted by molar-refractivity contribution is -0.0721. The van der Waals surface area contributed by atoms with Crippen LogP contribution in [0.1, 0.15) is 62.3 Å². The molecule has 0 aromatic heterocycles. The van der Waals surface area contributed by atoms with Gasteiger partial charge in [-0.25, -0.2) is 9.59 Å². The van der Waals surface area contributed by atoms with Crippen LogP contribution >= 0.6 is 31.9 Å². The Morgan fingerprint density at radius 1 is 0.844 bits per heavy atom. The van der Waals surface area contributed by atoms with E-state index in [1.165, 1.54) is 0 Å². The molecule has 0 saturated heterocycles. The van der Waals surface area contributed by atoms with Crippen molar-refractivity contribution < 1.29 is 29.3 Å². The fraction of sp³-hybridized carbons (Fsp3) is 0.417. The minimum atomic E-state index is -0.997. The number of aliphatic hydroxyl groups excluding tert-OH is 1. The van der Waals surface area contributed by atoms with Crippen molar-refractivity contribution in [3.63, 3.8) is 0 Å². The second-order valence-corrected chi connectivity index (χ2v) is 10.0. The van der Waals surface area contributed by atoms with Gasteiger partial charge in [-0.3, -0.25) is 0 Å². The van der Waals surface area contributed by atoms with Crippen molar-refractivity contribution >= 4 is 43.8 Å². The minimum absolute atomic E-state index is 0.417. The lowest BCUT2D eigenvalue weighted by Crippen LogP contribution is -2.42. The van der Waals surface area contributed by atoms with Gasteiger partial charge in [0.05, 0.1) is 22.8 Å². The monoisotopic (exact) mass is 572 g/mol. The molecule has 8 heteroatoms. The van der Waals surface area contributed by atoms with Crippen LogP contribution in [0.5, 0.6) is 0 Å². The molecule has 2 rings (SSSR count). The van der Waals surface area contributed by atoms with Gasteiger partial charge in [0.15, 0.2) is 0 Å². The summed E-state index contributed by atoms with van der Waals surface area (Å²) < 4.78 is 12.4. The maximum atomic E-state index is 12.4. The molecule has 0 aliphatic heterocycles. The number of hydrogen-bond acceptors (Lipinski definition) is 6. The molecule has 2 N–H and O–H groups in total. The van der Waals surface area contributed by atoms with Gasteiger partial charge in [-0.1, -0.05) is 24.3 Å². The zero-order chi connectivity index (χ0) is 24.7. The summed E-state index contributed by atoms with van der Waals surface area (Å²) in [6, 6.07) is 14.0. The van der Waals surface area contributed by atoms with Crippen molar-refractivity contribution in [3.05, 3.63) is 68.6 Å². The molecule has 2 unspecified atom stereocenters. The highest BCUT2D eigenvalue weighted by molar-refractivity contribution is 9.10. The van der Waals surface area contributed by atoms with Crippen molar-refractivity contribution in [1.82, 2.24) is 0 Å². The number of benzene rings is 2. The molecule has 0 radical (unpaired) electrons. The van der Waals surface area contributed by atoms with Crippen molar-refractivity contribution in [2.24, 2.45) is 0 Å². The van der Waals surface area contributed by atoms with Gasteiger partial charge < -0.3 is 19.7 Å². The highest BCUT2D eigenvalue weighted by Gasteiger charge is 2.34. The molecule has 0 bridgehead atoms. The molecule has 0 aliphatic rings. The fourth-order valence-corrected chi connectivity index (χ4v) is 2.89. The quantitative estimate of drug-likeness (QED) is 0.441. The number of carbonyl (C=O) groups is 2. The summed E-state index contributed by atoms with van der Waals surface area (Å²) >= 11 is 6.65. The van der Waals surface area contributed by atoms with E-state index in [9.17, 15) is 9.59 Å². The summed E-state index contributed by atoms with van der Waals surface area (Å²) in [7, 11) is 0. The van der Waals surface area contributed by atoms with Gasteiger partial charge in [0, 0.05) is 8.95 Å². The predicted molar refractivity (Wildman–Crippen MR) is 131 cm³/mol. The van der Waals surface area contributed by atoms with E-state index in [4.69, 9.17) is 19.7 Å². The fourth-order valence-electron chi connectivity index (χ4n) is 2.00. The van der Waals surface area contributed by atoms with Crippen LogP contribution in [0, 0.1) is 0 Å². The van der Waals surface area contributed by atoms with Crippen LogP contribution < -0.4 is 0 Å². The molecule has 6 nitrogen and oxygen atoms in total. The molecule has 0 fully saturated rings. The maximum Gasteiger partial charge on any atom is 0.339 e. The average Bonchev–Trinajstić information content (AvgIpc) is 2.67. The van der Waals surface area contributed by atoms with Gasteiger partial charge in [0.2, 0.25) is 0 Å². The maximum absolute atomic E-state index is 12.4. The van der Waals surface area contributed by atoms with E-state index in [1.54, 1.807) is 77.9 Å². The number of carbonyl (C=O) groups excluding carboxylic acids is 2. The normalized spacial score (nSPS) is 13.3. The molecule has 0 aliphatic carbocycles. The van der Waals surface area contributed by atoms with Crippen LogP contribution in [0.2, 0.25) is 0 Å². The second-order valence-electron chi connectivity index (χ2n) is 8.33. The molecular formula is C24H30Br2O6. The van der Waals surface area contributed by atoms with Gasteiger partial charge >= 0.3 is 11.9 Å². The second kappa shape index (κ2) is 11.9. The Morgan fingerprint density at radius 2 is 1.22 bits per heavy atom. The van der Waals surface area contributed by atoms with Gasteiger partial charge in [-0.15, -0.1) is 0 Å². The van der Waals surface area contributed by atoms with Crippen molar-refractivity contribution in [1.29, 1.82) is 0 Å². The molecule has 2 aromatic rings. The molecule has 0 amide bonds. The molecule has 0 spiro atoms. The lowest BCUT2D eigenvalue weighted by atomic mass is 10.0. The Bertz CT molecular complexity index is 919. The topological polar surface area (TPSA) is 93.1 Å². The van der Waals surface area contributed by atoms with Crippen LogP contribution in [0.25, 0.3) is 0 Å². The van der Waals surface area contributed by atoms with Crippen molar-refractivity contribution in [2.75, 3.05) is 0 Å².